The number of hydrogen-bond acceptors (Lipinski definition) is 3. The van der Waals surface area contributed by atoms with Gasteiger partial charge in [-0.2, -0.15) is 5.10 Å². The second kappa shape index (κ2) is 3.79. The Morgan fingerprint density at radius 2 is 2.57 bits per heavy atom. The molecule has 2 heterocycles. The molecule has 1 aliphatic rings. The summed E-state index contributed by atoms with van der Waals surface area (Å²) in [6.45, 7) is 3.38. The molecule has 1 saturated heterocycles. The number of aryl methyl sites for hydroxylation is 1. The molecule has 0 unspecified atom stereocenters. The maximum Gasteiger partial charge on any atom is 0.237 e. The van der Waals surface area contributed by atoms with E-state index in [9.17, 15) is 4.79 Å². The lowest BCUT2D eigenvalue weighted by Gasteiger charge is -2.25. The summed E-state index contributed by atoms with van der Waals surface area (Å²) in [6.07, 6.45) is 0.936. The van der Waals surface area contributed by atoms with E-state index in [4.69, 9.17) is 0 Å². The van der Waals surface area contributed by atoms with E-state index in [2.05, 4.69) is 20.8 Å². The van der Waals surface area contributed by atoms with Crippen molar-refractivity contribution in [2.24, 2.45) is 0 Å². The first kappa shape index (κ1) is 9.21. The van der Waals surface area contributed by atoms with E-state index < -0.39 is 0 Å². The van der Waals surface area contributed by atoms with E-state index in [0.29, 0.717) is 6.54 Å². The van der Waals surface area contributed by atoms with Gasteiger partial charge in [-0.1, -0.05) is 0 Å². The van der Waals surface area contributed by atoms with Gasteiger partial charge in [0, 0.05) is 5.69 Å². The van der Waals surface area contributed by atoms with Crippen LogP contribution in [0, 0.1) is 6.92 Å². The average Bonchev–Trinajstić information content (AvgIpc) is 2.45. The van der Waals surface area contributed by atoms with Gasteiger partial charge in [-0.15, -0.1) is 0 Å². The molecule has 0 bridgehead atoms. The van der Waals surface area contributed by atoms with Gasteiger partial charge in [0.2, 0.25) is 5.91 Å². The van der Waals surface area contributed by atoms with E-state index in [1.165, 1.54) is 0 Å². The summed E-state index contributed by atoms with van der Waals surface area (Å²) in [5.74, 6) is 0.0666. The summed E-state index contributed by atoms with van der Waals surface area (Å²) in [5, 5.41) is 12.7. The zero-order chi connectivity index (χ0) is 9.97. The summed E-state index contributed by atoms with van der Waals surface area (Å²) in [5.41, 5.74) is 1.88. The monoisotopic (exact) mass is 194 g/mol. The fourth-order valence-electron chi connectivity index (χ4n) is 1.38. The van der Waals surface area contributed by atoms with Crippen LogP contribution in [-0.2, 0) is 11.3 Å². The molecule has 5 nitrogen and oxygen atoms in total. The SMILES string of the molecule is Cc1cc(CNC(=O)[C@H]2CCN2)n[nH]1. The molecule has 1 atom stereocenters. The Morgan fingerprint density at radius 1 is 1.79 bits per heavy atom. The van der Waals surface area contributed by atoms with E-state index in [1.54, 1.807) is 0 Å². The number of nitrogens with zero attached hydrogens (tertiary/aromatic N) is 1. The summed E-state index contributed by atoms with van der Waals surface area (Å²) >= 11 is 0. The van der Waals surface area contributed by atoms with Gasteiger partial charge >= 0.3 is 0 Å². The third-order valence-corrected chi connectivity index (χ3v) is 2.34. The van der Waals surface area contributed by atoms with Gasteiger partial charge in [0.25, 0.3) is 0 Å². The number of carbonyl (C=O) groups is 1. The molecule has 1 aromatic heterocycles. The predicted octanol–water partition coefficient (Wildman–Crippen LogP) is -0.304. The molecule has 2 rings (SSSR count). The molecule has 0 aliphatic carbocycles. The van der Waals surface area contributed by atoms with Gasteiger partial charge in [-0.05, 0) is 26.0 Å². The minimum atomic E-state index is 0.00930. The quantitative estimate of drug-likeness (QED) is 0.618. The minimum Gasteiger partial charge on any atom is -0.349 e. The van der Waals surface area contributed by atoms with Crippen LogP contribution in [0.15, 0.2) is 6.07 Å². The molecule has 0 aromatic carbocycles. The number of aromatic nitrogens is 2. The second-order valence-electron chi connectivity index (χ2n) is 3.56. The number of carbonyl (C=O) groups excluding carboxylic acids is 1. The van der Waals surface area contributed by atoms with Gasteiger partial charge in [-0.3, -0.25) is 9.89 Å². The molecular weight excluding hydrogens is 180 g/mol. The van der Waals surface area contributed by atoms with Crippen molar-refractivity contribution in [3.8, 4) is 0 Å². The molecule has 1 amide bonds. The summed E-state index contributed by atoms with van der Waals surface area (Å²) in [7, 11) is 0. The summed E-state index contributed by atoms with van der Waals surface area (Å²) in [4.78, 5) is 11.4. The molecule has 5 heteroatoms. The fourth-order valence-corrected chi connectivity index (χ4v) is 1.38. The Morgan fingerprint density at radius 3 is 3.07 bits per heavy atom. The van der Waals surface area contributed by atoms with Crippen molar-refractivity contribution in [3.05, 3.63) is 17.5 Å². The number of hydrogen-bond donors (Lipinski definition) is 3. The van der Waals surface area contributed by atoms with Crippen molar-refractivity contribution in [2.75, 3.05) is 6.54 Å². The molecule has 3 N–H and O–H groups in total. The molecule has 0 radical (unpaired) electrons. The molecule has 1 fully saturated rings. The third-order valence-electron chi connectivity index (χ3n) is 2.34. The zero-order valence-electron chi connectivity index (χ0n) is 8.13. The topological polar surface area (TPSA) is 69.8 Å². The van der Waals surface area contributed by atoms with Crippen LogP contribution in [0.3, 0.4) is 0 Å². The maximum absolute atomic E-state index is 11.4. The van der Waals surface area contributed by atoms with Crippen molar-refractivity contribution in [1.82, 2.24) is 20.8 Å². The molecule has 0 spiro atoms. The summed E-state index contributed by atoms with van der Waals surface area (Å²) in [6, 6.07) is 1.93. The van der Waals surface area contributed by atoms with E-state index >= 15 is 0 Å². The van der Waals surface area contributed by atoms with Crippen LogP contribution in [0.4, 0.5) is 0 Å². The van der Waals surface area contributed by atoms with Crippen LogP contribution in [0.5, 0.6) is 0 Å². The van der Waals surface area contributed by atoms with Gasteiger partial charge in [0.15, 0.2) is 0 Å². The van der Waals surface area contributed by atoms with Crippen LogP contribution < -0.4 is 10.6 Å². The smallest absolute Gasteiger partial charge is 0.237 e. The van der Waals surface area contributed by atoms with Crippen LogP contribution in [0.1, 0.15) is 17.8 Å². The normalized spacial score (nSPS) is 20.2. The number of aromatic amines is 1. The highest BCUT2D eigenvalue weighted by atomic mass is 16.2. The predicted molar refractivity (Wildman–Crippen MR) is 51.6 cm³/mol. The number of H-pyrrole nitrogens is 1. The lowest BCUT2D eigenvalue weighted by Crippen LogP contribution is -2.52. The van der Waals surface area contributed by atoms with Crippen molar-refractivity contribution in [3.63, 3.8) is 0 Å². The first-order chi connectivity index (χ1) is 6.75. The van der Waals surface area contributed by atoms with Crippen LogP contribution in [0.2, 0.25) is 0 Å². The van der Waals surface area contributed by atoms with Crippen LogP contribution in [0.25, 0.3) is 0 Å². The van der Waals surface area contributed by atoms with Gasteiger partial charge in [0.05, 0.1) is 18.3 Å². The van der Waals surface area contributed by atoms with Gasteiger partial charge in [0.1, 0.15) is 0 Å². The van der Waals surface area contributed by atoms with Crippen molar-refractivity contribution < 1.29 is 4.79 Å². The molecule has 1 aromatic rings. The molecule has 0 saturated carbocycles. The largest absolute Gasteiger partial charge is 0.349 e. The lowest BCUT2D eigenvalue weighted by atomic mass is 10.1. The highest BCUT2D eigenvalue weighted by Crippen LogP contribution is 2.02. The Labute approximate surface area is 82.3 Å². The fraction of sp³-hybridized carbons (Fsp3) is 0.556. The average molecular weight is 194 g/mol. The Bertz CT molecular complexity index is 329. The maximum atomic E-state index is 11.4. The van der Waals surface area contributed by atoms with Crippen molar-refractivity contribution in [1.29, 1.82) is 0 Å². The lowest BCUT2D eigenvalue weighted by molar-refractivity contribution is -0.124. The number of amides is 1. The highest BCUT2D eigenvalue weighted by molar-refractivity contribution is 5.82. The van der Waals surface area contributed by atoms with E-state index in [1.807, 2.05) is 13.0 Å². The first-order valence-electron chi connectivity index (χ1n) is 4.77. The van der Waals surface area contributed by atoms with Gasteiger partial charge in [-0.25, -0.2) is 0 Å². The Balaban J connectivity index is 1.79. The molecule has 76 valence electrons. The molecular formula is C9H14N4O. The number of rotatable bonds is 3. The first-order valence-corrected chi connectivity index (χ1v) is 4.77. The number of nitrogens with one attached hydrogen (secondary N) is 3. The molecule has 14 heavy (non-hydrogen) atoms. The highest BCUT2D eigenvalue weighted by Gasteiger charge is 2.23. The van der Waals surface area contributed by atoms with E-state index in [-0.39, 0.29) is 11.9 Å². The standard InChI is InChI=1S/C9H14N4O/c1-6-4-7(13-12-6)5-11-9(14)8-2-3-10-8/h4,8,10H,2-3,5H2,1H3,(H,11,14)(H,12,13)/t8-/m1/s1. The van der Waals surface area contributed by atoms with Gasteiger partial charge < -0.3 is 10.6 Å². The second-order valence-corrected chi connectivity index (χ2v) is 3.56. The van der Waals surface area contributed by atoms with Crippen LogP contribution >= 0.6 is 0 Å². The zero-order valence-corrected chi connectivity index (χ0v) is 8.13. The Kier molecular flexibility index (Phi) is 2.49. The summed E-state index contributed by atoms with van der Waals surface area (Å²) < 4.78 is 0. The molecule has 1 aliphatic heterocycles. The Hall–Kier alpha value is -1.36. The third kappa shape index (κ3) is 1.93. The van der Waals surface area contributed by atoms with E-state index in [0.717, 1.165) is 24.4 Å². The minimum absolute atomic E-state index is 0.00930. The van der Waals surface area contributed by atoms with Crippen LogP contribution in [-0.4, -0.2) is 28.7 Å². The van der Waals surface area contributed by atoms with Crippen molar-refractivity contribution in [2.45, 2.75) is 25.9 Å². The van der Waals surface area contributed by atoms with Crippen molar-refractivity contribution >= 4 is 5.91 Å².